The summed E-state index contributed by atoms with van der Waals surface area (Å²) in [6.07, 6.45) is -2.64. The lowest BCUT2D eigenvalue weighted by atomic mass is 10.1. The van der Waals surface area contributed by atoms with Crippen LogP contribution >= 0.6 is 0 Å². The monoisotopic (exact) mass is 258 g/mol. The molecule has 1 aromatic rings. The van der Waals surface area contributed by atoms with E-state index in [1.54, 1.807) is 6.92 Å². The van der Waals surface area contributed by atoms with Gasteiger partial charge in [-0.15, -0.1) is 0 Å². The number of anilines is 1. The number of hydrogen-bond acceptors (Lipinski definition) is 2. The van der Waals surface area contributed by atoms with Gasteiger partial charge in [-0.05, 0) is 24.6 Å². The van der Waals surface area contributed by atoms with Crippen molar-refractivity contribution in [2.24, 2.45) is 0 Å². The number of aromatic carboxylic acids is 1. The molecule has 0 aliphatic heterocycles. The van der Waals surface area contributed by atoms with Crippen LogP contribution in [0.25, 0.3) is 0 Å². The van der Waals surface area contributed by atoms with Gasteiger partial charge >= 0.3 is 12.0 Å². The number of hydrogen-bond donors (Lipinski definition) is 3. The van der Waals surface area contributed by atoms with Crippen molar-refractivity contribution in [3.8, 4) is 0 Å². The molecule has 0 unspecified atom stereocenters. The molecular formula is C11H12F2N2O3. The molecule has 0 spiro atoms. The molecule has 0 saturated heterocycles. The lowest BCUT2D eigenvalue weighted by Crippen LogP contribution is -2.32. The normalized spacial score (nSPS) is 10.2. The van der Waals surface area contributed by atoms with E-state index in [9.17, 15) is 18.4 Å². The van der Waals surface area contributed by atoms with Crippen molar-refractivity contribution >= 4 is 17.7 Å². The molecule has 3 N–H and O–H groups in total. The lowest BCUT2D eigenvalue weighted by molar-refractivity contribution is 0.0696. The number of halogens is 2. The maximum Gasteiger partial charge on any atom is 0.336 e. The first kappa shape index (κ1) is 13.9. The number of nitrogens with one attached hydrogen (secondary N) is 2. The fourth-order valence-electron chi connectivity index (χ4n) is 1.28. The third-order valence-corrected chi connectivity index (χ3v) is 2.14. The van der Waals surface area contributed by atoms with Crippen LogP contribution in [0.1, 0.15) is 15.9 Å². The SMILES string of the molecule is Cc1ccc(NC(=O)NCC(F)F)cc1C(=O)O. The smallest absolute Gasteiger partial charge is 0.336 e. The predicted octanol–water partition coefficient (Wildman–Crippen LogP) is 2.08. The Morgan fingerprint density at radius 1 is 1.39 bits per heavy atom. The van der Waals surface area contributed by atoms with Crippen molar-refractivity contribution in [2.45, 2.75) is 13.3 Å². The molecule has 18 heavy (non-hydrogen) atoms. The highest BCUT2D eigenvalue weighted by Crippen LogP contribution is 2.15. The number of amides is 2. The van der Waals surface area contributed by atoms with E-state index >= 15 is 0 Å². The summed E-state index contributed by atoms with van der Waals surface area (Å²) in [5.74, 6) is -1.12. The summed E-state index contributed by atoms with van der Waals surface area (Å²) in [5, 5.41) is 13.1. The van der Waals surface area contributed by atoms with Crippen LogP contribution in [-0.4, -0.2) is 30.1 Å². The number of carboxylic acid groups (broad SMARTS) is 1. The van der Waals surface area contributed by atoms with E-state index in [2.05, 4.69) is 5.32 Å². The van der Waals surface area contributed by atoms with E-state index in [0.29, 0.717) is 5.56 Å². The van der Waals surface area contributed by atoms with Crippen LogP contribution in [0.4, 0.5) is 19.3 Å². The quantitative estimate of drug-likeness (QED) is 0.773. The number of carbonyl (C=O) groups excluding carboxylic acids is 1. The molecule has 0 heterocycles. The zero-order valence-corrected chi connectivity index (χ0v) is 9.54. The van der Waals surface area contributed by atoms with Crippen LogP contribution in [0.2, 0.25) is 0 Å². The summed E-state index contributed by atoms with van der Waals surface area (Å²) in [6, 6.07) is 3.46. The molecule has 2 amide bonds. The molecule has 0 aliphatic rings. The van der Waals surface area contributed by atoms with E-state index in [1.165, 1.54) is 18.2 Å². The topological polar surface area (TPSA) is 78.4 Å². The Hall–Kier alpha value is -2.18. The van der Waals surface area contributed by atoms with Crippen molar-refractivity contribution in [3.63, 3.8) is 0 Å². The highest BCUT2D eigenvalue weighted by molar-refractivity contribution is 5.94. The fourth-order valence-corrected chi connectivity index (χ4v) is 1.28. The maximum absolute atomic E-state index is 11.8. The van der Waals surface area contributed by atoms with Gasteiger partial charge < -0.3 is 15.7 Å². The highest BCUT2D eigenvalue weighted by atomic mass is 19.3. The molecule has 0 fully saturated rings. The maximum atomic E-state index is 11.8. The van der Waals surface area contributed by atoms with E-state index in [0.717, 1.165) is 0 Å². The first-order valence-electron chi connectivity index (χ1n) is 5.07. The number of carbonyl (C=O) groups is 2. The van der Waals surface area contributed by atoms with Crippen molar-refractivity contribution in [3.05, 3.63) is 29.3 Å². The first-order chi connectivity index (χ1) is 8.40. The van der Waals surface area contributed by atoms with Gasteiger partial charge in [0.2, 0.25) is 0 Å². The predicted molar refractivity (Wildman–Crippen MR) is 61.2 cm³/mol. The molecule has 98 valence electrons. The van der Waals surface area contributed by atoms with Crippen LogP contribution in [-0.2, 0) is 0 Å². The second-order valence-electron chi connectivity index (χ2n) is 3.56. The van der Waals surface area contributed by atoms with Crippen LogP contribution in [0, 0.1) is 6.92 Å². The molecule has 0 atom stereocenters. The fraction of sp³-hybridized carbons (Fsp3) is 0.273. The summed E-state index contributed by atoms with van der Waals surface area (Å²) >= 11 is 0. The molecule has 0 saturated carbocycles. The number of aryl methyl sites for hydroxylation is 1. The van der Waals surface area contributed by atoms with Gasteiger partial charge in [0.15, 0.2) is 0 Å². The third-order valence-electron chi connectivity index (χ3n) is 2.14. The number of rotatable bonds is 4. The summed E-state index contributed by atoms with van der Waals surface area (Å²) in [4.78, 5) is 22.0. The van der Waals surface area contributed by atoms with Crippen molar-refractivity contribution in [1.29, 1.82) is 0 Å². The Morgan fingerprint density at radius 3 is 2.61 bits per heavy atom. The van der Waals surface area contributed by atoms with E-state index in [-0.39, 0.29) is 11.3 Å². The third kappa shape index (κ3) is 4.00. The Balaban J connectivity index is 2.70. The summed E-state index contributed by atoms with van der Waals surface area (Å²) in [7, 11) is 0. The summed E-state index contributed by atoms with van der Waals surface area (Å²) in [6.45, 7) is 0.855. The molecule has 0 bridgehead atoms. The Morgan fingerprint density at radius 2 is 2.06 bits per heavy atom. The van der Waals surface area contributed by atoms with Gasteiger partial charge in [-0.25, -0.2) is 18.4 Å². The molecule has 5 nitrogen and oxygen atoms in total. The summed E-state index contributed by atoms with van der Waals surface area (Å²) < 4.78 is 23.7. The van der Waals surface area contributed by atoms with Gasteiger partial charge in [0.05, 0.1) is 12.1 Å². The van der Waals surface area contributed by atoms with Crippen molar-refractivity contribution in [1.82, 2.24) is 5.32 Å². The standard InChI is InChI=1S/C11H12F2N2O3/c1-6-2-3-7(4-8(6)10(16)17)15-11(18)14-5-9(12)13/h2-4,9H,5H2,1H3,(H,16,17)(H2,14,15,18). The van der Waals surface area contributed by atoms with Gasteiger partial charge in [0.25, 0.3) is 6.43 Å². The first-order valence-corrected chi connectivity index (χ1v) is 5.07. The van der Waals surface area contributed by atoms with Crippen molar-refractivity contribution < 1.29 is 23.5 Å². The number of carboxylic acids is 1. The minimum atomic E-state index is -2.64. The van der Waals surface area contributed by atoms with E-state index in [4.69, 9.17) is 5.11 Å². The van der Waals surface area contributed by atoms with Gasteiger partial charge in [0.1, 0.15) is 0 Å². The highest BCUT2D eigenvalue weighted by Gasteiger charge is 2.10. The Kier molecular flexibility index (Phi) is 4.59. The average Bonchev–Trinajstić information content (AvgIpc) is 2.28. The second kappa shape index (κ2) is 5.95. The van der Waals surface area contributed by atoms with Gasteiger partial charge in [-0.3, -0.25) is 0 Å². The zero-order chi connectivity index (χ0) is 13.7. The molecule has 1 rings (SSSR count). The van der Waals surface area contributed by atoms with Crippen LogP contribution in [0.3, 0.4) is 0 Å². The van der Waals surface area contributed by atoms with Crippen LogP contribution in [0.5, 0.6) is 0 Å². The minimum absolute atomic E-state index is 0.0432. The van der Waals surface area contributed by atoms with Gasteiger partial charge in [-0.2, -0.15) is 0 Å². The Labute approximate surface area is 102 Å². The second-order valence-corrected chi connectivity index (χ2v) is 3.56. The van der Waals surface area contributed by atoms with Crippen molar-refractivity contribution in [2.75, 3.05) is 11.9 Å². The Bertz CT molecular complexity index is 464. The number of benzene rings is 1. The van der Waals surface area contributed by atoms with Crippen LogP contribution < -0.4 is 10.6 Å². The number of alkyl halides is 2. The molecule has 7 heteroatoms. The zero-order valence-electron chi connectivity index (χ0n) is 9.54. The minimum Gasteiger partial charge on any atom is -0.478 e. The molecular weight excluding hydrogens is 246 g/mol. The molecule has 0 aliphatic carbocycles. The molecule has 1 aromatic carbocycles. The average molecular weight is 258 g/mol. The molecule has 0 aromatic heterocycles. The van der Waals surface area contributed by atoms with E-state index in [1.807, 2.05) is 5.32 Å². The largest absolute Gasteiger partial charge is 0.478 e. The van der Waals surface area contributed by atoms with E-state index < -0.39 is 25.0 Å². The van der Waals surface area contributed by atoms with Gasteiger partial charge in [0, 0.05) is 5.69 Å². The summed E-state index contributed by atoms with van der Waals surface area (Å²) in [5.41, 5.74) is 0.812. The van der Waals surface area contributed by atoms with Gasteiger partial charge in [-0.1, -0.05) is 6.07 Å². The number of urea groups is 1. The lowest BCUT2D eigenvalue weighted by Gasteiger charge is -2.09. The van der Waals surface area contributed by atoms with Crippen LogP contribution in [0.15, 0.2) is 18.2 Å². The molecule has 0 radical (unpaired) electrons.